The number of benzene rings is 2. The first-order chi connectivity index (χ1) is 10.8. The van der Waals surface area contributed by atoms with Gasteiger partial charge in [-0.1, -0.05) is 42.5 Å². The molecular formula is C19H19NO2. The molecule has 0 fully saturated rings. The lowest BCUT2D eigenvalue weighted by atomic mass is 9.78. The van der Waals surface area contributed by atoms with Crippen molar-refractivity contribution < 1.29 is 9.53 Å². The SMILES string of the molecule is CCOC(=O)[C@@H]1Nc2ccccc2[C@H]2c3ccccc3C[C@@H]21. The van der Waals surface area contributed by atoms with Crippen molar-refractivity contribution in [3.63, 3.8) is 0 Å². The molecule has 2 aromatic rings. The van der Waals surface area contributed by atoms with Gasteiger partial charge >= 0.3 is 5.97 Å². The van der Waals surface area contributed by atoms with Crippen LogP contribution in [0.3, 0.4) is 0 Å². The number of carbonyl (C=O) groups is 1. The van der Waals surface area contributed by atoms with E-state index in [0.29, 0.717) is 6.61 Å². The van der Waals surface area contributed by atoms with Gasteiger partial charge in [0.1, 0.15) is 6.04 Å². The summed E-state index contributed by atoms with van der Waals surface area (Å²) in [4.78, 5) is 12.4. The molecule has 0 radical (unpaired) electrons. The second-order valence-electron chi connectivity index (χ2n) is 6.01. The van der Waals surface area contributed by atoms with Gasteiger partial charge in [-0.05, 0) is 36.1 Å². The summed E-state index contributed by atoms with van der Waals surface area (Å²) in [5, 5.41) is 3.41. The molecule has 1 aliphatic heterocycles. The fourth-order valence-corrected chi connectivity index (χ4v) is 3.97. The maximum Gasteiger partial charge on any atom is 0.328 e. The van der Waals surface area contributed by atoms with E-state index in [0.717, 1.165) is 12.1 Å². The van der Waals surface area contributed by atoms with Crippen LogP contribution in [0, 0.1) is 5.92 Å². The fourth-order valence-electron chi connectivity index (χ4n) is 3.97. The van der Waals surface area contributed by atoms with Gasteiger partial charge < -0.3 is 10.1 Å². The minimum Gasteiger partial charge on any atom is -0.464 e. The van der Waals surface area contributed by atoms with Crippen molar-refractivity contribution in [1.82, 2.24) is 0 Å². The van der Waals surface area contributed by atoms with E-state index in [9.17, 15) is 4.79 Å². The molecule has 3 nitrogen and oxygen atoms in total. The van der Waals surface area contributed by atoms with Crippen molar-refractivity contribution in [1.29, 1.82) is 0 Å². The van der Waals surface area contributed by atoms with Gasteiger partial charge in [-0.25, -0.2) is 4.79 Å². The Balaban J connectivity index is 1.83. The van der Waals surface area contributed by atoms with E-state index < -0.39 is 0 Å². The summed E-state index contributed by atoms with van der Waals surface area (Å²) in [6, 6.07) is 16.6. The van der Waals surface area contributed by atoms with Crippen LogP contribution < -0.4 is 5.32 Å². The molecule has 2 aliphatic rings. The minimum atomic E-state index is -0.271. The first-order valence-corrected chi connectivity index (χ1v) is 7.89. The summed E-state index contributed by atoms with van der Waals surface area (Å²) >= 11 is 0. The molecule has 0 saturated carbocycles. The molecule has 0 spiro atoms. The van der Waals surface area contributed by atoms with Crippen LogP contribution in [-0.2, 0) is 16.0 Å². The van der Waals surface area contributed by atoms with Crippen molar-refractivity contribution in [3.05, 3.63) is 65.2 Å². The minimum absolute atomic E-state index is 0.139. The number of carbonyl (C=O) groups excluding carboxylic acids is 1. The third-order valence-corrected chi connectivity index (χ3v) is 4.85. The molecule has 3 heteroatoms. The van der Waals surface area contributed by atoms with Gasteiger partial charge in [0, 0.05) is 17.5 Å². The van der Waals surface area contributed by atoms with Crippen molar-refractivity contribution in [2.45, 2.75) is 25.3 Å². The van der Waals surface area contributed by atoms with Crippen LogP contribution >= 0.6 is 0 Å². The third-order valence-electron chi connectivity index (χ3n) is 4.85. The Bertz CT molecular complexity index is 725. The molecule has 3 atom stereocenters. The van der Waals surface area contributed by atoms with Crippen molar-refractivity contribution in [2.75, 3.05) is 11.9 Å². The molecular weight excluding hydrogens is 274 g/mol. The first-order valence-electron chi connectivity index (χ1n) is 7.89. The molecule has 1 heterocycles. The third kappa shape index (κ3) is 1.92. The van der Waals surface area contributed by atoms with E-state index in [1.54, 1.807) is 0 Å². The van der Waals surface area contributed by atoms with Gasteiger partial charge in [-0.3, -0.25) is 0 Å². The van der Waals surface area contributed by atoms with Crippen LogP contribution in [0.25, 0.3) is 0 Å². The first kappa shape index (κ1) is 13.4. The Morgan fingerprint density at radius 1 is 1.14 bits per heavy atom. The highest BCUT2D eigenvalue weighted by molar-refractivity contribution is 5.82. The normalized spacial score (nSPS) is 24.7. The predicted molar refractivity (Wildman–Crippen MR) is 86.0 cm³/mol. The molecule has 2 aromatic carbocycles. The van der Waals surface area contributed by atoms with E-state index >= 15 is 0 Å². The quantitative estimate of drug-likeness (QED) is 0.863. The Labute approximate surface area is 130 Å². The largest absolute Gasteiger partial charge is 0.464 e. The lowest BCUT2D eigenvalue weighted by Gasteiger charge is -2.36. The molecule has 1 N–H and O–H groups in total. The number of fused-ring (bicyclic) bond motifs is 5. The van der Waals surface area contributed by atoms with Gasteiger partial charge in [0.15, 0.2) is 0 Å². The number of esters is 1. The zero-order valence-electron chi connectivity index (χ0n) is 12.6. The molecule has 0 unspecified atom stereocenters. The smallest absolute Gasteiger partial charge is 0.328 e. The van der Waals surface area contributed by atoms with Crippen molar-refractivity contribution in [2.24, 2.45) is 5.92 Å². The summed E-state index contributed by atoms with van der Waals surface area (Å²) in [5.41, 5.74) is 5.05. The monoisotopic (exact) mass is 293 g/mol. The van der Waals surface area contributed by atoms with Crippen LogP contribution in [0.1, 0.15) is 29.5 Å². The number of hydrogen-bond acceptors (Lipinski definition) is 3. The van der Waals surface area contributed by atoms with Crippen molar-refractivity contribution >= 4 is 11.7 Å². The summed E-state index contributed by atoms with van der Waals surface area (Å²) in [5.74, 6) is 0.370. The molecule has 0 saturated heterocycles. The maximum atomic E-state index is 12.4. The Morgan fingerprint density at radius 2 is 1.86 bits per heavy atom. The molecule has 0 aromatic heterocycles. The molecule has 0 bridgehead atoms. The van der Waals surface area contributed by atoms with Crippen LogP contribution in [0.5, 0.6) is 0 Å². The van der Waals surface area contributed by atoms with E-state index in [-0.39, 0.29) is 23.8 Å². The van der Waals surface area contributed by atoms with Crippen LogP contribution in [0.15, 0.2) is 48.5 Å². The number of rotatable bonds is 2. The number of anilines is 1. The topological polar surface area (TPSA) is 38.3 Å². The Morgan fingerprint density at radius 3 is 2.68 bits per heavy atom. The van der Waals surface area contributed by atoms with Gasteiger partial charge in [0.25, 0.3) is 0 Å². The number of ether oxygens (including phenoxy) is 1. The predicted octanol–water partition coefficient (Wildman–Crippen LogP) is 3.35. The summed E-state index contributed by atoms with van der Waals surface area (Å²) in [6.07, 6.45) is 0.922. The van der Waals surface area contributed by atoms with E-state index in [4.69, 9.17) is 4.74 Å². The molecule has 22 heavy (non-hydrogen) atoms. The standard InChI is InChI=1S/C19H19NO2/c1-2-22-19(21)18-15-11-12-7-3-4-8-13(12)17(15)14-9-5-6-10-16(14)20-18/h3-10,15,17-18,20H,2,11H2,1H3/t15-,17+,18+/m0/s1. The van der Waals surface area contributed by atoms with Gasteiger partial charge in [-0.15, -0.1) is 0 Å². The maximum absolute atomic E-state index is 12.4. The zero-order valence-corrected chi connectivity index (χ0v) is 12.6. The highest BCUT2D eigenvalue weighted by Gasteiger charge is 2.45. The second kappa shape index (κ2) is 5.16. The van der Waals surface area contributed by atoms with Crippen molar-refractivity contribution in [3.8, 4) is 0 Å². The highest BCUT2D eigenvalue weighted by atomic mass is 16.5. The Hall–Kier alpha value is -2.29. The lowest BCUT2D eigenvalue weighted by Crippen LogP contribution is -2.43. The molecule has 0 amide bonds. The van der Waals surface area contributed by atoms with Crippen LogP contribution in [0.4, 0.5) is 5.69 Å². The number of para-hydroxylation sites is 1. The van der Waals surface area contributed by atoms with Crippen LogP contribution in [-0.4, -0.2) is 18.6 Å². The Kier molecular flexibility index (Phi) is 3.14. The summed E-state index contributed by atoms with van der Waals surface area (Å²) < 4.78 is 5.30. The number of hydrogen-bond donors (Lipinski definition) is 1. The van der Waals surface area contributed by atoms with E-state index in [1.807, 2.05) is 13.0 Å². The van der Waals surface area contributed by atoms with Crippen LogP contribution in [0.2, 0.25) is 0 Å². The van der Waals surface area contributed by atoms with E-state index in [1.165, 1.54) is 16.7 Å². The lowest BCUT2D eigenvalue weighted by molar-refractivity contribution is -0.145. The molecule has 4 rings (SSSR count). The summed E-state index contributed by atoms with van der Waals surface area (Å²) in [6.45, 7) is 2.28. The molecule has 1 aliphatic carbocycles. The average Bonchev–Trinajstić information content (AvgIpc) is 2.94. The number of nitrogens with one attached hydrogen (secondary N) is 1. The second-order valence-corrected chi connectivity index (χ2v) is 6.01. The van der Waals surface area contributed by atoms with Gasteiger partial charge in [-0.2, -0.15) is 0 Å². The average molecular weight is 293 g/mol. The van der Waals surface area contributed by atoms with Gasteiger partial charge in [0.05, 0.1) is 6.61 Å². The summed E-state index contributed by atoms with van der Waals surface area (Å²) in [7, 11) is 0. The highest BCUT2D eigenvalue weighted by Crippen LogP contribution is 2.49. The molecule has 112 valence electrons. The fraction of sp³-hybridized carbons (Fsp3) is 0.316. The van der Waals surface area contributed by atoms with E-state index in [2.05, 4.69) is 47.8 Å². The zero-order chi connectivity index (χ0) is 15.1. The van der Waals surface area contributed by atoms with Gasteiger partial charge in [0.2, 0.25) is 0 Å².